The van der Waals surface area contributed by atoms with Gasteiger partial charge in [0, 0.05) is 50.9 Å². The molecule has 2 aliphatic rings. The lowest BCUT2D eigenvalue weighted by Gasteiger charge is -2.26. The van der Waals surface area contributed by atoms with E-state index in [4.69, 9.17) is 4.42 Å². The molecule has 1 atom stereocenters. The van der Waals surface area contributed by atoms with E-state index in [0.29, 0.717) is 18.2 Å². The zero-order valence-electron chi connectivity index (χ0n) is 14.1. The van der Waals surface area contributed by atoms with Gasteiger partial charge < -0.3 is 13.9 Å². The maximum Gasteiger partial charge on any atom is 0.222 e. The van der Waals surface area contributed by atoms with Crippen LogP contribution in [0.25, 0.3) is 0 Å². The molecule has 6 nitrogen and oxygen atoms in total. The third-order valence-electron chi connectivity index (χ3n) is 4.96. The van der Waals surface area contributed by atoms with Gasteiger partial charge in [0.2, 0.25) is 5.91 Å². The van der Waals surface area contributed by atoms with Gasteiger partial charge in [0.25, 0.3) is 0 Å². The van der Waals surface area contributed by atoms with Gasteiger partial charge in [-0.2, -0.15) is 0 Å². The first-order valence-corrected chi connectivity index (χ1v) is 8.73. The van der Waals surface area contributed by atoms with E-state index >= 15 is 0 Å². The smallest absolute Gasteiger partial charge is 0.222 e. The third-order valence-corrected chi connectivity index (χ3v) is 4.96. The zero-order chi connectivity index (χ0) is 16.5. The molecule has 0 saturated carbocycles. The topological polar surface area (TPSA) is 54.5 Å². The molecule has 128 valence electrons. The predicted molar refractivity (Wildman–Crippen MR) is 89.1 cm³/mol. The zero-order valence-corrected chi connectivity index (χ0v) is 14.1. The van der Waals surface area contributed by atoms with Crippen molar-refractivity contribution in [2.75, 3.05) is 19.6 Å². The molecule has 2 aromatic heterocycles. The van der Waals surface area contributed by atoms with Gasteiger partial charge in [0.05, 0.1) is 13.1 Å². The molecule has 24 heavy (non-hydrogen) atoms. The molecule has 6 heteroatoms. The molecule has 1 amide bonds. The first kappa shape index (κ1) is 15.4. The predicted octanol–water partition coefficient (Wildman–Crippen LogP) is 2.04. The minimum absolute atomic E-state index is 0.304. The Kier molecular flexibility index (Phi) is 4.14. The number of rotatable bonds is 4. The van der Waals surface area contributed by atoms with Gasteiger partial charge in [-0.1, -0.05) is 0 Å². The Labute approximate surface area is 142 Å². The molecule has 1 fully saturated rings. The Balaban J connectivity index is 1.50. The molecule has 0 bridgehead atoms. The van der Waals surface area contributed by atoms with Crippen LogP contribution in [0.5, 0.6) is 0 Å². The Morgan fingerprint density at radius 3 is 3.00 bits per heavy atom. The summed E-state index contributed by atoms with van der Waals surface area (Å²) < 4.78 is 7.98. The number of nitrogens with zero attached hydrogens (tertiary/aromatic N) is 4. The molecule has 0 N–H and O–H groups in total. The largest absolute Gasteiger partial charge is 0.465 e. The fraction of sp³-hybridized carbons (Fsp3) is 0.556. The van der Waals surface area contributed by atoms with Crippen LogP contribution >= 0.6 is 0 Å². The van der Waals surface area contributed by atoms with Gasteiger partial charge in [-0.15, -0.1) is 0 Å². The van der Waals surface area contributed by atoms with Gasteiger partial charge in [-0.25, -0.2) is 4.98 Å². The van der Waals surface area contributed by atoms with Crippen LogP contribution in [0.1, 0.15) is 30.2 Å². The van der Waals surface area contributed by atoms with Crippen LogP contribution in [0.15, 0.2) is 28.9 Å². The van der Waals surface area contributed by atoms with Crippen LogP contribution in [0.4, 0.5) is 0 Å². The number of likely N-dealkylation sites (tertiary alicyclic amines) is 1. The Morgan fingerprint density at radius 1 is 1.33 bits per heavy atom. The number of aryl methyl sites for hydroxylation is 1. The number of amides is 1. The van der Waals surface area contributed by atoms with Gasteiger partial charge in [-0.05, 0) is 25.5 Å². The second-order valence-electron chi connectivity index (χ2n) is 6.99. The summed E-state index contributed by atoms with van der Waals surface area (Å²) in [6.07, 6.45) is 5.62. The Hall–Kier alpha value is -2.08. The standard InChI is InChI=1S/C18H24N4O2/c1-14-4-5-16(24-14)12-20-9-15(11-22-7-2-3-18(22)23)10-21-8-6-19-17(21)13-20/h4-6,8,15H,2-3,7,9-13H2,1H3. The molecule has 0 aromatic carbocycles. The van der Waals surface area contributed by atoms with E-state index in [2.05, 4.69) is 20.6 Å². The third kappa shape index (κ3) is 3.24. The van der Waals surface area contributed by atoms with Gasteiger partial charge in [-0.3, -0.25) is 9.69 Å². The van der Waals surface area contributed by atoms with Gasteiger partial charge >= 0.3 is 0 Å². The molecular formula is C18H24N4O2. The summed E-state index contributed by atoms with van der Waals surface area (Å²) in [6, 6.07) is 4.06. The highest BCUT2D eigenvalue weighted by Gasteiger charge is 2.28. The summed E-state index contributed by atoms with van der Waals surface area (Å²) >= 11 is 0. The first-order valence-electron chi connectivity index (χ1n) is 8.73. The van der Waals surface area contributed by atoms with Crippen molar-refractivity contribution >= 4 is 5.91 Å². The molecule has 0 radical (unpaired) electrons. The van der Waals surface area contributed by atoms with Crippen molar-refractivity contribution in [3.05, 3.63) is 41.9 Å². The summed E-state index contributed by atoms with van der Waals surface area (Å²) in [4.78, 5) is 20.9. The normalized spacial score (nSPS) is 22.0. The van der Waals surface area contributed by atoms with E-state index in [0.717, 1.165) is 63.0 Å². The van der Waals surface area contributed by atoms with Crippen molar-refractivity contribution in [1.82, 2.24) is 19.4 Å². The number of carbonyl (C=O) groups is 1. The molecule has 2 aliphatic heterocycles. The number of fused-ring (bicyclic) bond motifs is 1. The number of carbonyl (C=O) groups excluding carboxylic acids is 1. The number of aromatic nitrogens is 2. The van der Waals surface area contributed by atoms with Crippen molar-refractivity contribution in [2.45, 2.75) is 39.4 Å². The van der Waals surface area contributed by atoms with E-state index in [1.807, 2.05) is 30.2 Å². The molecule has 1 saturated heterocycles. The summed E-state index contributed by atoms with van der Waals surface area (Å²) in [6.45, 7) is 7.19. The highest BCUT2D eigenvalue weighted by Crippen LogP contribution is 2.21. The second-order valence-corrected chi connectivity index (χ2v) is 6.99. The van der Waals surface area contributed by atoms with E-state index in [-0.39, 0.29) is 0 Å². The van der Waals surface area contributed by atoms with Crippen LogP contribution < -0.4 is 0 Å². The minimum Gasteiger partial charge on any atom is -0.465 e. The van der Waals surface area contributed by atoms with E-state index in [1.54, 1.807) is 0 Å². The minimum atomic E-state index is 0.304. The highest BCUT2D eigenvalue weighted by atomic mass is 16.3. The first-order chi connectivity index (χ1) is 11.7. The van der Waals surface area contributed by atoms with Crippen LogP contribution in [0.2, 0.25) is 0 Å². The van der Waals surface area contributed by atoms with Crippen molar-refractivity contribution in [1.29, 1.82) is 0 Å². The lowest BCUT2D eigenvalue weighted by atomic mass is 10.1. The molecule has 2 aromatic rings. The second kappa shape index (κ2) is 6.43. The lowest BCUT2D eigenvalue weighted by Crippen LogP contribution is -2.37. The van der Waals surface area contributed by atoms with Gasteiger partial charge in [0.15, 0.2) is 0 Å². The maximum absolute atomic E-state index is 12.0. The monoisotopic (exact) mass is 328 g/mol. The van der Waals surface area contributed by atoms with Crippen molar-refractivity contribution in [3.8, 4) is 0 Å². The summed E-state index contributed by atoms with van der Waals surface area (Å²) in [5.74, 6) is 3.74. The Morgan fingerprint density at radius 2 is 2.25 bits per heavy atom. The summed E-state index contributed by atoms with van der Waals surface area (Å²) in [7, 11) is 0. The average Bonchev–Trinajstić information content (AvgIpc) is 3.22. The number of imidazole rings is 1. The van der Waals surface area contributed by atoms with Crippen molar-refractivity contribution in [3.63, 3.8) is 0 Å². The number of hydrogen-bond donors (Lipinski definition) is 0. The van der Waals surface area contributed by atoms with Crippen molar-refractivity contribution < 1.29 is 9.21 Å². The van der Waals surface area contributed by atoms with E-state index < -0.39 is 0 Å². The quantitative estimate of drug-likeness (QED) is 0.862. The molecular weight excluding hydrogens is 304 g/mol. The van der Waals surface area contributed by atoms with Crippen LogP contribution in [0, 0.1) is 12.8 Å². The Bertz CT molecular complexity index is 720. The van der Waals surface area contributed by atoms with E-state index in [1.165, 1.54) is 0 Å². The number of hydrogen-bond acceptors (Lipinski definition) is 4. The lowest BCUT2D eigenvalue weighted by molar-refractivity contribution is -0.128. The molecule has 0 spiro atoms. The van der Waals surface area contributed by atoms with Crippen LogP contribution in [0.3, 0.4) is 0 Å². The molecule has 4 rings (SSSR count). The maximum atomic E-state index is 12.0. The highest BCUT2D eigenvalue weighted by molar-refractivity contribution is 5.78. The molecule has 0 aliphatic carbocycles. The molecule has 1 unspecified atom stereocenters. The fourth-order valence-electron chi connectivity index (χ4n) is 3.86. The molecule has 4 heterocycles. The van der Waals surface area contributed by atoms with Crippen LogP contribution in [-0.4, -0.2) is 44.9 Å². The average molecular weight is 328 g/mol. The van der Waals surface area contributed by atoms with E-state index in [9.17, 15) is 4.79 Å². The number of furan rings is 1. The van der Waals surface area contributed by atoms with Crippen molar-refractivity contribution in [2.24, 2.45) is 5.92 Å². The van der Waals surface area contributed by atoms with Gasteiger partial charge in [0.1, 0.15) is 17.3 Å². The fourth-order valence-corrected chi connectivity index (χ4v) is 3.86. The summed E-state index contributed by atoms with van der Waals surface area (Å²) in [5.41, 5.74) is 0. The van der Waals surface area contributed by atoms with Crippen LogP contribution in [-0.2, 0) is 24.4 Å². The SMILES string of the molecule is Cc1ccc(CN2Cc3nccn3CC(CN3CCCC3=O)C2)o1. The summed E-state index contributed by atoms with van der Waals surface area (Å²) in [5, 5.41) is 0.